The topological polar surface area (TPSA) is 25.8 Å². The number of pyridine rings is 2. The van der Waals surface area contributed by atoms with Crippen molar-refractivity contribution >= 4 is 9.69 Å². The molecule has 2 aromatic heterocycles. The van der Waals surface area contributed by atoms with Crippen molar-refractivity contribution in [3.8, 4) is 11.4 Å². The Balaban J connectivity index is 0.00000103. The quantitative estimate of drug-likeness (QED) is 0.596. The molecule has 2 heterocycles. The van der Waals surface area contributed by atoms with Gasteiger partial charge in [-0.25, -0.2) is 0 Å². The van der Waals surface area contributed by atoms with E-state index in [4.69, 9.17) is 0 Å². The molecule has 0 saturated carbocycles. The Morgan fingerprint density at radius 3 is 1.58 bits per heavy atom. The summed E-state index contributed by atoms with van der Waals surface area (Å²) < 4.78 is 0. The van der Waals surface area contributed by atoms with Crippen LogP contribution in [-0.4, -0.2) is 9.97 Å². The third kappa shape index (κ3) is 5.38. The zero-order valence-corrected chi connectivity index (χ0v) is 14.0. The summed E-state index contributed by atoms with van der Waals surface area (Å²) in [7, 11) is 4.57. The predicted molar refractivity (Wildman–Crippen MR) is 78.5 cm³/mol. The molecule has 19 heavy (non-hydrogen) atoms. The van der Waals surface area contributed by atoms with Gasteiger partial charge in [0.25, 0.3) is 0 Å². The van der Waals surface area contributed by atoms with Gasteiger partial charge in [-0.2, -0.15) is 0 Å². The number of halogens is 1. The normalized spacial score (nSPS) is 9.05. The van der Waals surface area contributed by atoms with Crippen molar-refractivity contribution in [3.05, 3.63) is 55.2 Å². The molecule has 0 atom stereocenters. The van der Waals surface area contributed by atoms with Gasteiger partial charge >= 0.3 is 27.0 Å². The van der Waals surface area contributed by atoms with Gasteiger partial charge in [-0.05, 0) is 48.2 Å². The van der Waals surface area contributed by atoms with Crippen molar-refractivity contribution < 1.29 is 17.3 Å². The Labute approximate surface area is 130 Å². The maximum absolute atomic E-state index is 4.57. The third-order valence-corrected chi connectivity index (χ3v) is 2.73. The van der Waals surface area contributed by atoms with Gasteiger partial charge in [0.15, 0.2) is 0 Å². The van der Waals surface area contributed by atoms with Crippen LogP contribution in [0.15, 0.2) is 36.7 Å². The van der Waals surface area contributed by atoms with Crippen LogP contribution in [0.3, 0.4) is 0 Å². The molecule has 2 nitrogen and oxygen atoms in total. The zero-order valence-electron chi connectivity index (χ0n) is 11.5. The molecule has 0 bridgehead atoms. The molecular formula is C15H19ClN2Ru. The summed E-state index contributed by atoms with van der Waals surface area (Å²) in [6.07, 6.45) is 5.77. The van der Waals surface area contributed by atoms with Gasteiger partial charge in [-0.1, -0.05) is 13.8 Å². The van der Waals surface area contributed by atoms with Crippen molar-refractivity contribution in [1.82, 2.24) is 9.97 Å². The van der Waals surface area contributed by atoms with Gasteiger partial charge in [-0.15, -0.1) is 0 Å². The average molecular weight is 364 g/mol. The summed E-state index contributed by atoms with van der Waals surface area (Å²) in [4.78, 5) is 8.74. The van der Waals surface area contributed by atoms with Crippen LogP contribution in [0.1, 0.15) is 25.0 Å². The van der Waals surface area contributed by atoms with Crippen molar-refractivity contribution in [2.75, 3.05) is 0 Å². The second-order valence-electron chi connectivity index (χ2n) is 3.81. The van der Waals surface area contributed by atoms with Crippen molar-refractivity contribution in [3.63, 3.8) is 0 Å². The second kappa shape index (κ2) is 10.1. The van der Waals surface area contributed by atoms with Gasteiger partial charge in [0.2, 0.25) is 0 Å². The molecule has 0 unspecified atom stereocenters. The molecule has 0 aliphatic carbocycles. The van der Waals surface area contributed by atoms with Gasteiger partial charge < -0.3 is 7.43 Å². The fourth-order valence-electron chi connectivity index (χ4n) is 1.67. The third-order valence-electron chi connectivity index (χ3n) is 2.73. The summed E-state index contributed by atoms with van der Waals surface area (Å²) in [6, 6.07) is 8.32. The first-order valence-electron chi connectivity index (χ1n) is 5.87. The molecule has 0 aliphatic heterocycles. The first-order valence-corrected chi connectivity index (χ1v) is 8.11. The van der Waals surface area contributed by atoms with E-state index < -0.39 is 0 Å². The molecule has 0 aromatic carbocycles. The Hall–Kier alpha value is -0.787. The maximum atomic E-state index is 4.57. The predicted octanol–water partition coefficient (Wildman–Crippen LogP) is 4.41. The van der Waals surface area contributed by atoms with E-state index in [9.17, 15) is 0 Å². The van der Waals surface area contributed by atoms with Crippen LogP contribution in [0.2, 0.25) is 0 Å². The van der Waals surface area contributed by atoms with E-state index in [-0.39, 0.29) is 7.43 Å². The minimum absolute atomic E-state index is 0. The molecule has 2 rings (SSSR count). The van der Waals surface area contributed by atoms with Gasteiger partial charge in [-0.3, -0.25) is 9.97 Å². The summed E-state index contributed by atoms with van der Waals surface area (Å²) in [5.74, 6) is 0. The van der Waals surface area contributed by atoms with Gasteiger partial charge in [0, 0.05) is 12.4 Å². The summed E-state index contributed by atoms with van der Waals surface area (Å²) in [6.45, 7) is 4.30. The van der Waals surface area contributed by atoms with E-state index in [1.807, 2.05) is 41.8 Å². The van der Waals surface area contributed by atoms with Crippen molar-refractivity contribution in [2.24, 2.45) is 0 Å². The van der Waals surface area contributed by atoms with E-state index >= 15 is 0 Å². The van der Waals surface area contributed by atoms with E-state index in [1.54, 1.807) is 0 Å². The van der Waals surface area contributed by atoms with Crippen molar-refractivity contribution in [1.29, 1.82) is 0 Å². The summed E-state index contributed by atoms with van der Waals surface area (Å²) >= 11 is 1.82. The second-order valence-corrected chi connectivity index (χ2v) is 3.81. The molecule has 4 heteroatoms. The Kier molecular flexibility index (Phi) is 9.64. The molecule has 0 amide bonds. The number of nitrogens with zero attached hydrogens (tertiary/aromatic N) is 2. The van der Waals surface area contributed by atoms with Crippen LogP contribution >= 0.6 is 9.69 Å². The number of aryl methyl sites for hydroxylation is 2. The van der Waals surface area contributed by atoms with Gasteiger partial charge in [0.05, 0.1) is 11.4 Å². The van der Waals surface area contributed by atoms with E-state index in [0.717, 1.165) is 24.2 Å². The molecule has 2 aromatic rings. The van der Waals surface area contributed by atoms with Crippen LogP contribution in [0.25, 0.3) is 11.4 Å². The number of aromatic nitrogens is 2. The minimum atomic E-state index is 0. The standard InChI is InChI=1S/C14H16N2.CH3.ClH.Ru/c1-3-11-5-7-15-13(9-11)14-10-12(4-2)6-8-16-14;;;/h5-10H,3-4H2,1-2H3;1H3;1H;/q;-1;;+2/p-1. The molecule has 0 spiro atoms. The van der Waals surface area contributed by atoms with E-state index in [2.05, 4.69) is 45.6 Å². The average Bonchev–Trinajstić information content (AvgIpc) is 2.49. The van der Waals surface area contributed by atoms with Gasteiger partial charge in [0.1, 0.15) is 0 Å². The van der Waals surface area contributed by atoms with Crippen LogP contribution in [0.5, 0.6) is 0 Å². The van der Waals surface area contributed by atoms with Crippen molar-refractivity contribution in [2.45, 2.75) is 26.7 Å². The van der Waals surface area contributed by atoms with Crippen LogP contribution in [0.4, 0.5) is 0 Å². The summed E-state index contributed by atoms with van der Waals surface area (Å²) in [5.41, 5.74) is 4.53. The zero-order chi connectivity index (χ0) is 13.4. The molecule has 0 saturated heterocycles. The number of hydrogen-bond donors (Lipinski definition) is 0. The number of hydrogen-bond acceptors (Lipinski definition) is 2. The Morgan fingerprint density at radius 2 is 1.26 bits per heavy atom. The first-order chi connectivity index (χ1) is 8.83. The van der Waals surface area contributed by atoms with E-state index in [0.29, 0.717) is 0 Å². The van der Waals surface area contributed by atoms with E-state index in [1.165, 1.54) is 11.1 Å². The Morgan fingerprint density at radius 1 is 0.895 bits per heavy atom. The SMILES string of the molecule is CCc1ccnc(-c2cc(CC)ccn2)c1.[CH3-].[Cl][Ru+]. The molecular weight excluding hydrogens is 345 g/mol. The monoisotopic (exact) mass is 364 g/mol. The first kappa shape index (κ1) is 18.2. The molecule has 104 valence electrons. The molecule has 0 N–H and O–H groups in total. The van der Waals surface area contributed by atoms with Crippen LogP contribution in [0, 0.1) is 7.43 Å². The molecule has 0 aliphatic rings. The number of rotatable bonds is 3. The van der Waals surface area contributed by atoms with Crippen LogP contribution < -0.4 is 0 Å². The Bertz CT molecular complexity index is 444. The van der Waals surface area contributed by atoms with Crippen LogP contribution in [-0.2, 0) is 30.2 Å². The fraction of sp³-hybridized carbons (Fsp3) is 0.267. The fourth-order valence-corrected chi connectivity index (χ4v) is 1.67. The molecule has 0 radical (unpaired) electrons. The molecule has 0 fully saturated rings. The summed E-state index contributed by atoms with van der Waals surface area (Å²) in [5, 5.41) is 0.